The summed E-state index contributed by atoms with van der Waals surface area (Å²) in [7, 11) is -1.86. The molecule has 0 bridgehead atoms. The summed E-state index contributed by atoms with van der Waals surface area (Å²) in [5.41, 5.74) is 2.57. The van der Waals surface area contributed by atoms with Crippen LogP contribution in [0.25, 0.3) is 0 Å². The third kappa shape index (κ3) is 5.99. The van der Waals surface area contributed by atoms with Gasteiger partial charge in [-0.2, -0.15) is 0 Å². The Balaban J connectivity index is 2.59. The Labute approximate surface area is 120 Å². The molecule has 0 unspecified atom stereocenters. The minimum Gasteiger partial charge on any atom is -0.348 e. The molecule has 0 atom stereocenters. The number of carbonyl (C=O) groups is 1. The smallest absolute Gasteiger partial charge is 0.244 e. The van der Waals surface area contributed by atoms with Gasteiger partial charge in [0.05, 0.1) is 5.75 Å². The van der Waals surface area contributed by atoms with E-state index in [1.165, 1.54) is 13.1 Å². The van der Waals surface area contributed by atoms with Crippen molar-refractivity contribution in [2.24, 2.45) is 0 Å². The molecule has 20 heavy (non-hydrogen) atoms. The molecule has 0 saturated heterocycles. The second-order valence-corrected chi connectivity index (χ2v) is 6.65. The minimum atomic E-state index is -3.25. The van der Waals surface area contributed by atoms with Gasteiger partial charge in [0.15, 0.2) is 0 Å². The van der Waals surface area contributed by atoms with E-state index in [2.05, 4.69) is 10.0 Å². The first kappa shape index (κ1) is 16.4. The zero-order valence-corrected chi connectivity index (χ0v) is 12.8. The van der Waals surface area contributed by atoms with Crippen LogP contribution in [0, 0.1) is 0 Å². The van der Waals surface area contributed by atoms with Crippen molar-refractivity contribution < 1.29 is 13.2 Å². The van der Waals surface area contributed by atoms with E-state index in [1.807, 2.05) is 26.0 Å². The number of hydrogen-bond donors (Lipinski definition) is 2. The largest absolute Gasteiger partial charge is 0.348 e. The molecule has 1 aromatic rings. The summed E-state index contributed by atoms with van der Waals surface area (Å²) in [5, 5.41) is 2.76. The Bertz CT molecular complexity index is 585. The van der Waals surface area contributed by atoms with Crippen molar-refractivity contribution in [3.8, 4) is 0 Å². The fourth-order valence-corrected chi connectivity index (χ4v) is 2.32. The van der Waals surface area contributed by atoms with Crippen LogP contribution in [0.3, 0.4) is 0 Å². The second kappa shape index (κ2) is 7.21. The normalized spacial score (nSPS) is 10.9. The van der Waals surface area contributed by atoms with E-state index in [0.29, 0.717) is 12.1 Å². The summed E-state index contributed by atoms with van der Waals surface area (Å²) in [6.07, 6.45) is 1.54. The lowest BCUT2D eigenvalue weighted by atomic mass is 10.1. The van der Waals surface area contributed by atoms with Gasteiger partial charge in [0.2, 0.25) is 15.9 Å². The van der Waals surface area contributed by atoms with Crippen LogP contribution in [-0.4, -0.2) is 21.4 Å². The van der Waals surface area contributed by atoms with Gasteiger partial charge in [0.25, 0.3) is 0 Å². The molecule has 0 saturated carbocycles. The quantitative estimate of drug-likeness (QED) is 0.777. The molecular weight excluding hydrogens is 276 g/mol. The van der Waals surface area contributed by atoms with Crippen LogP contribution in [0.5, 0.6) is 0 Å². The van der Waals surface area contributed by atoms with Crippen molar-refractivity contribution in [1.29, 1.82) is 0 Å². The van der Waals surface area contributed by atoms with Gasteiger partial charge >= 0.3 is 0 Å². The lowest BCUT2D eigenvalue weighted by Crippen LogP contribution is -2.21. The molecule has 0 aliphatic carbocycles. The van der Waals surface area contributed by atoms with E-state index in [1.54, 1.807) is 12.1 Å². The van der Waals surface area contributed by atoms with Crippen molar-refractivity contribution in [1.82, 2.24) is 10.0 Å². The van der Waals surface area contributed by atoms with E-state index >= 15 is 0 Å². The summed E-state index contributed by atoms with van der Waals surface area (Å²) in [6.45, 7) is 4.13. The maximum atomic E-state index is 11.4. The van der Waals surface area contributed by atoms with Crippen molar-refractivity contribution in [3.05, 3.63) is 47.0 Å². The third-order valence-corrected chi connectivity index (χ3v) is 3.91. The summed E-state index contributed by atoms with van der Waals surface area (Å²) < 4.78 is 25.1. The highest BCUT2D eigenvalue weighted by molar-refractivity contribution is 7.88. The van der Waals surface area contributed by atoms with Crippen LogP contribution in [0.4, 0.5) is 0 Å². The van der Waals surface area contributed by atoms with Crippen molar-refractivity contribution in [3.63, 3.8) is 0 Å². The first-order valence-electron chi connectivity index (χ1n) is 6.24. The number of amides is 1. The Morgan fingerprint density at radius 3 is 2.20 bits per heavy atom. The summed E-state index contributed by atoms with van der Waals surface area (Å²) in [6, 6.07) is 7.11. The molecule has 1 aromatic carbocycles. The van der Waals surface area contributed by atoms with Gasteiger partial charge < -0.3 is 5.32 Å². The van der Waals surface area contributed by atoms with E-state index in [-0.39, 0.29) is 11.7 Å². The molecule has 5 nitrogen and oxygen atoms in total. The highest BCUT2D eigenvalue weighted by atomic mass is 32.2. The topological polar surface area (TPSA) is 75.3 Å². The minimum absolute atomic E-state index is 0.0477. The van der Waals surface area contributed by atoms with Crippen molar-refractivity contribution in [2.75, 3.05) is 7.05 Å². The van der Waals surface area contributed by atoms with Gasteiger partial charge in [0, 0.05) is 12.6 Å². The molecule has 0 heterocycles. The molecule has 0 aliphatic rings. The maximum Gasteiger partial charge on any atom is 0.244 e. The predicted octanol–water partition coefficient (Wildman–Crippen LogP) is 1.32. The average Bonchev–Trinajstić information content (AvgIpc) is 2.37. The number of rotatable bonds is 6. The fourth-order valence-electron chi connectivity index (χ4n) is 1.55. The van der Waals surface area contributed by atoms with E-state index in [4.69, 9.17) is 0 Å². The number of sulfonamides is 1. The lowest BCUT2D eigenvalue weighted by Gasteiger charge is -2.06. The summed E-state index contributed by atoms with van der Waals surface area (Å²) >= 11 is 0. The Kier molecular flexibility index (Phi) is 5.91. The highest BCUT2D eigenvalue weighted by Gasteiger charge is 2.08. The van der Waals surface area contributed by atoms with Gasteiger partial charge in [-0.15, -0.1) is 0 Å². The van der Waals surface area contributed by atoms with Gasteiger partial charge in [0.1, 0.15) is 0 Å². The van der Waals surface area contributed by atoms with Crippen molar-refractivity contribution in [2.45, 2.75) is 26.1 Å². The molecule has 2 N–H and O–H groups in total. The SMILES string of the molecule is CNS(=O)(=O)Cc1ccc(CNC(=O)C=C(C)C)cc1. The first-order chi connectivity index (χ1) is 9.32. The monoisotopic (exact) mass is 296 g/mol. The molecular formula is C14H20N2O3S. The third-order valence-electron chi connectivity index (χ3n) is 2.58. The lowest BCUT2D eigenvalue weighted by molar-refractivity contribution is -0.116. The van der Waals surface area contributed by atoms with Gasteiger partial charge in [-0.05, 0) is 32.0 Å². The molecule has 1 rings (SSSR count). The van der Waals surface area contributed by atoms with Crippen LogP contribution in [-0.2, 0) is 27.1 Å². The molecule has 0 radical (unpaired) electrons. The predicted molar refractivity (Wildman–Crippen MR) is 79.4 cm³/mol. The molecule has 0 spiro atoms. The summed E-state index contributed by atoms with van der Waals surface area (Å²) in [5.74, 6) is -0.180. The standard InChI is InChI=1S/C14H20N2O3S/c1-11(2)8-14(17)16-9-12-4-6-13(7-5-12)10-20(18,19)15-3/h4-8,15H,9-10H2,1-3H3,(H,16,17). The zero-order chi connectivity index (χ0) is 15.2. The van der Waals surface area contributed by atoms with Crippen LogP contribution >= 0.6 is 0 Å². The Morgan fingerprint density at radius 1 is 1.15 bits per heavy atom. The van der Waals surface area contributed by atoms with Gasteiger partial charge in [-0.1, -0.05) is 29.8 Å². The molecule has 0 aromatic heterocycles. The van der Waals surface area contributed by atoms with Crippen molar-refractivity contribution >= 4 is 15.9 Å². The van der Waals surface area contributed by atoms with E-state index in [9.17, 15) is 13.2 Å². The fraction of sp³-hybridized carbons (Fsp3) is 0.357. The second-order valence-electron chi connectivity index (χ2n) is 4.72. The van der Waals surface area contributed by atoms with Crippen LogP contribution in [0.2, 0.25) is 0 Å². The van der Waals surface area contributed by atoms with Gasteiger partial charge in [-0.3, -0.25) is 4.79 Å². The number of nitrogens with one attached hydrogen (secondary N) is 2. The first-order valence-corrected chi connectivity index (χ1v) is 7.89. The number of allylic oxidation sites excluding steroid dienone is 1. The molecule has 6 heteroatoms. The zero-order valence-electron chi connectivity index (χ0n) is 11.9. The van der Waals surface area contributed by atoms with E-state index < -0.39 is 10.0 Å². The van der Waals surface area contributed by atoms with Gasteiger partial charge in [-0.25, -0.2) is 13.1 Å². The average molecular weight is 296 g/mol. The molecule has 0 aliphatic heterocycles. The van der Waals surface area contributed by atoms with Crippen LogP contribution in [0.15, 0.2) is 35.9 Å². The summed E-state index contributed by atoms with van der Waals surface area (Å²) in [4.78, 5) is 11.4. The molecule has 110 valence electrons. The van der Waals surface area contributed by atoms with Crippen LogP contribution in [0.1, 0.15) is 25.0 Å². The number of carbonyl (C=O) groups excluding carboxylic acids is 1. The number of hydrogen-bond acceptors (Lipinski definition) is 3. The Morgan fingerprint density at radius 2 is 1.70 bits per heavy atom. The Hall–Kier alpha value is -1.66. The molecule has 1 amide bonds. The van der Waals surface area contributed by atoms with Crippen LogP contribution < -0.4 is 10.0 Å². The molecule has 0 fully saturated rings. The van der Waals surface area contributed by atoms with E-state index in [0.717, 1.165) is 11.1 Å². The number of benzene rings is 1. The maximum absolute atomic E-state index is 11.4. The highest BCUT2D eigenvalue weighted by Crippen LogP contribution is 2.07.